The molecule has 3 rings (SSSR count). The lowest BCUT2D eigenvalue weighted by Gasteiger charge is -2.28. The Kier molecular flexibility index (Phi) is 5.05. The standard InChI is InChI=1S/C17H22FN3O2/c1-20-12-19-16-9-21(7-6-17(16)20)8-14(22)11-23-10-13-4-2-3-5-15(13)18/h2-5,12,14,22H,6-11H2,1H3. The highest BCUT2D eigenvalue weighted by Gasteiger charge is 2.21. The first-order valence-electron chi connectivity index (χ1n) is 7.84. The second-order valence-corrected chi connectivity index (χ2v) is 5.99. The molecule has 23 heavy (non-hydrogen) atoms. The lowest BCUT2D eigenvalue weighted by atomic mass is 10.1. The first-order chi connectivity index (χ1) is 11.1. The predicted molar refractivity (Wildman–Crippen MR) is 84.3 cm³/mol. The normalized spacial score (nSPS) is 16.3. The number of fused-ring (bicyclic) bond motifs is 1. The van der Waals surface area contributed by atoms with Crippen molar-refractivity contribution >= 4 is 0 Å². The first-order valence-corrected chi connectivity index (χ1v) is 7.84. The number of hydrogen-bond donors (Lipinski definition) is 1. The molecule has 1 aliphatic heterocycles. The van der Waals surface area contributed by atoms with Crippen LogP contribution in [-0.2, 0) is 31.4 Å². The van der Waals surface area contributed by atoms with Crippen LogP contribution in [0.4, 0.5) is 4.39 Å². The Morgan fingerprint density at radius 2 is 2.22 bits per heavy atom. The molecule has 6 heteroatoms. The van der Waals surface area contributed by atoms with E-state index in [2.05, 4.69) is 14.5 Å². The van der Waals surface area contributed by atoms with Gasteiger partial charge in [0, 0.05) is 44.4 Å². The van der Waals surface area contributed by atoms with Gasteiger partial charge < -0.3 is 14.4 Å². The van der Waals surface area contributed by atoms with Gasteiger partial charge in [-0.25, -0.2) is 9.37 Å². The van der Waals surface area contributed by atoms with E-state index in [1.165, 1.54) is 11.8 Å². The first kappa shape index (κ1) is 16.1. The van der Waals surface area contributed by atoms with E-state index in [1.54, 1.807) is 18.2 Å². The maximum absolute atomic E-state index is 13.5. The maximum Gasteiger partial charge on any atom is 0.128 e. The minimum Gasteiger partial charge on any atom is -0.389 e. The Morgan fingerprint density at radius 3 is 3.04 bits per heavy atom. The zero-order valence-electron chi connectivity index (χ0n) is 13.3. The largest absolute Gasteiger partial charge is 0.389 e. The van der Waals surface area contributed by atoms with Gasteiger partial charge in [-0.2, -0.15) is 0 Å². The molecule has 2 aromatic rings. The Labute approximate surface area is 135 Å². The van der Waals surface area contributed by atoms with E-state index in [-0.39, 0.29) is 19.0 Å². The van der Waals surface area contributed by atoms with Gasteiger partial charge in [0.25, 0.3) is 0 Å². The van der Waals surface area contributed by atoms with E-state index >= 15 is 0 Å². The van der Waals surface area contributed by atoms with Crippen LogP contribution in [0, 0.1) is 5.82 Å². The molecule has 1 aliphatic rings. The molecule has 0 saturated carbocycles. The van der Waals surface area contributed by atoms with Crippen LogP contribution in [0.5, 0.6) is 0 Å². The Hall–Kier alpha value is -1.76. The van der Waals surface area contributed by atoms with Crippen LogP contribution in [0.3, 0.4) is 0 Å². The molecule has 0 saturated heterocycles. The van der Waals surface area contributed by atoms with E-state index in [9.17, 15) is 9.50 Å². The molecule has 2 heterocycles. The number of nitrogens with zero attached hydrogens (tertiary/aromatic N) is 3. The second-order valence-electron chi connectivity index (χ2n) is 5.99. The van der Waals surface area contributed by atoms with Crippen LogP contribution >= 0.6 is 0 Å². The number of ether oxygens (including phenoxy) is 1. The molecule has 0 spiro atoms. The number of aliphatic hydroxyl groups excluding tert-OH is 1. The summed E-state index contributed by atoms with van der Waals surface area (Å²) in [7, 11) is 2.01. The van der Waals surface area contributed by atoms with Crippen LogP contribution in [0.1, 0.15) is 17.0 Å². The highest BCUT2D eigenvalue weighted by Crippen LogP contribution is 2.17. The fourth-order valence-electron chi connectivity index (χ4n) is 2.94. The number of aryl methyl sites for hydroxylation is 1. The molecule has 5 nitrogen and oxygen atoms in total. The number of aliphatic hydroxyl groups is 1. The quantitative estimate of drug-likeness (QED) is 0.876. The van der Waals surface area contributed by atoms with Crippen molar-refractivity contribution < 1.29 is 14.2 Å². The zero-order chi connectivity index (χ0) is 16.2. The highest BCUT2D eigenvalue weighted by molar-refractivity contribution is 5.17. The molecule has 0 radical (unpaired) electrons. The molecule has 1 aromatic carbocycles. The van der Waals surface area contributed by atoms with Crippen molar-refractivity contribution in [3.63, 3.8) is 0 Å². The minimum atomic E-state index is -0.591. The van der Waals surface area contributed by atoms with Crippen LogP contribution in [0.2, 0.25) is 0 Å². The fraction of sp³-hybridized carbons (Fsp3) is 0.471. The van der Waals surface area contributed by atoms with Gasteiger partial charge in [0.05, 0.1) is 31.3 Å². The van der Waals surface area contributed by atoms with Gasteiger partial charge in [-0.15, -0.1) is 0 Å². The average molecular weight is 319 g/mol. The smallest absolute Gasteiger partial charge is 0.128 e. The van der Waals surface area contributed by atoms with E-state index in [4.69, 9.17) is 4.74 Å². The van der Waals surface area contributed by atoms with E-state index in [0.29, 0.717) is 12.1 Å². The van der Waals surface area contributed by atoms with Crippen molar-refractivity contribution in [2.24, 2.45) is 7.05 Å². The molecule has 0 bridgehead atoms. The molecule has 1 aromatic heterocycles. The fourth-order valence-corrected chi connectivity index (χ4v) is 2.94. The van der Waals surface area contributed by atoms with E-state index in [0.717, 1.165) is 25.2 Å². The third-order valence-corrected chi connectivity index (χ3v) is 4.18. The molecular weight excluding hydrogens is 297 g/mol. The summed E-state index contributed by atoms with van der Waals surface area (Å²) in [6.07, 6.45) is 2.18. The van der Waals surface area contributed by atoms with E-state index in [1.807, 2.05) is 13.4 Å². The Balaban J connectivity index is 1.43. The number of benzene rings is 1. The van der Waals surface area contributed by atoms with Crippen molar-refractivity contribution in [3.05, 3.63) is 53.4 Å². The van der Waals surface area contributed by atoms with Crippen molar-refractivity contribution in [3.8, 4) is 0 Å². The van der Waals surface area contributed by atoms with Gasteiger partial charge in [0.2, 0.25) is 0 Å². The van der Waals surface area contributed by atoms with Crippen LogP contribution in [0.25, 0.3) is 0 Å². The van der Waals surface area contributed by atoms with Crippen molar-refractivity contribution in [1.29, 1.82) is 0 Å². The summed E-state index contributed by atoms with van der Waals surface area (Å²) in [5, 5.41) is 10.1. The predicted octanol–water partition coefficient (Wildman–Crippen LogP) is 1.49. The summed E-state index contributed by atoms with van der Waals surface area (Å²) < 4.78 is 21.0. The highest BCUT2D eigenvalue weighted by atomic mass is 19.1. The Morgan fingerprint density at radius 1 is 1.39 bits per heavy atom. The number of imidazole rings is 1. The number of rotatable bonds is 6. The number of halogens is 1. The van der Waals surface area contributed by atoms with Crippen LogP contribution in [0.15, 0.2) is 30.6 Å². The summed E-state index contributed by atoms with van der Waals surface area (Å²) in [4.78, 5) is 6.57. The summed E-state index contributed by atoms with van der Waals surface area (Å²) >= 11 is 0. The van der Waals surface area contributed by atoms with Gasteiger partial charge in [-0.3, -0.25) is 4.90 Å². The lowest BCUT2D eigenvalue weighted by molar-refractivity contribution is 0.00671. The van der Waals surface area contributed by atoms with Gasteiger partial charge in [-0.1, -0.05) is 18.2 Å². The summed E-state index contributed by atoms with van der Waals surface area (Å²) in [5.74, 6) is -0.277. The molecular formula is C17H22FN3O2. The van der Waals surface area contributed by atoms with Gasteiger partial charge in [0.15, 0.2) is 0 Å². The second kappa shape index (κ2) is 7.21. The van der Waals surface area contributed by atoms with Crippen molar-refractivity contribution in [2.45, 2.75) is 25.7 Å². The summed E-state index contributed by atoms with van der Waals surface area (Å²) in [5.41, 5.74) is 2.86. The van der Waals surface area contributed by atoms with Crippen LogP contribution < -0.4 is 0 Å². The number of β-amino-alcohol motifs (C(OH)–C–C–N with tert-alkyl or cyclic N) is 1. The maximum atomic E-state index is 13.5. The molecule has 1 atom stereocenters. The third-order valence-electron chi connectivity index (χ3n) is 4.18. The van der Waals surface area contributed by atoms with Gasteiger partial charge in [0.1, 0.15) is 5.82 Å². The SMILES string of the molecule is Cn1cnc2c1CCN(CC(O)COCc1ccccc1F)C2. The molecule has 1 unspecified atom stereocenters. The minimum absolute atomic E-state index is 0.175. The monoisotopic (exact) mass is 319 g/mol. The third kappa shape index (κ3) is 3.96. The topological polar surface area (TPSA) is 50.5 Å². The summed E-state index contributed by atoms with van der Waals surface area (Å²) in [6, 6.07) is 6.52. The van der Waals surface area contributed by atoms with Crippen molar-refractivity contribution in [2.75, 3.05) is 19.7 Å². The van der Waals surface area contributed by atoms with Gasteiger partial charge >= 0.3 is 0 Å². The van der Waals surface area contributed by atoms with Gasteiger partial charge in [-0.05, 0) is 6.07 Å². The zero-order valence-corrected chi connectivity index (χ0v) is 13.3. The molecule has 0 fully saturated rings. The molecule has 1 N–H and O–H groups in total. The summed E-state index contributed by atoms with van der Waals surface area (Å²) in [6.45, 7) is 2.55. The van der Waals surface area contributed by atoms with E-state index < -0.39 is 6.10 Å². The molecule has 124 valence electrons. The number of aromatic nitrogens is 2. The molecule has 0 aliphatic carbocycles. The molecule has 0 amide bonds. The lowest BCUT2D eigenvalue weighted by Crippen LogP contribution is -2.38. The van der Waals surface area contributed by atoms with Crippen LogP contribution in [-0.4, -0.2) is 45.4 Å². The number of hydrogen-bond acceptors (Lipinski definition) is 4. The van der Waals surface area contributed by atoms with Crippen molar-refractivity contribution in [1.82, 2.24) is 14.5 Å². The Bertz CT molecular complexity index is 659. The average Bonchev–Trinajstić information content (AvgIpc) is 2.90.